The molecule has 1 atom stereocenters. The average Bonchev–Trinajstić information content (AvgIpc) is 2.86. The van der Waals surface area contributed by atoms with Gasteiger partial charge in [0.15, 0.2) is 18.8 Å². The van der Waals surface area contributed by atoms with Crippen LogP contribution in [-0.4, -0.2) is 30.5 Å². The van der Waals surface area contributed by atoms with Crippen LogP contribution in [-0.2, 0) is 11.3 Å². The quantitative estimate of drug-likeness (QED) is 0.848. The molecule has 118 valence electrons. The minimum atomic E-state index is 0.0250. The van der Waals surface area contributed by atoms with Crippen LogP contribution in [0.4, 0.5) is 0 Å². The van der Waals surface area contributed by atoms with Crippen molar-refractivity contribution in [2.24, 2.45) is 0 Å². The summed E-state index contributed by atoms with van der Waals surface area (Å²) in [5.74, 6) is 1.34. The third-order valence-corrected chi connectivity index (χ3v) is 3.30. The molecule has 0 radical (unpaired) electrons. The fourth-order valence-electron chi connectivity index (χ4n) is 2.11. The molecular weight excluding hydrogens is 302 g/mol. The van der Waals surface area contributed by atoms with Gasteiger partial charge in [0, 0.05) is 16.6 Å². The zero-order chi connectivity index (χ0) is 16.1. The summed E-state index contributed by atoms with van der Waals surface area (Å²) >= 11 is 5.87. The predicted octanol–water partition coefficient (Wildman–Crippen LogP) is 1.53. The van der Waals surface area contributed by atoms with Crippen molar-refractivity contribution in [1.82, 2.24) is 10.3 Å². The highest BCUT2D eigenvalue weighted by atomic mass is 35.5. The Hall–Kier alpha value is -1.85. The molecule has 0 saturated heterocycles. The normalized spacial score (nSPS) is 12.4. The van der Waals surface area contributed by atoms with E-state index in [1.165, 1.54) is 0 Å². The number of oxazole rings is 1. The number of benzene rings is 1. The molecule has 1 unspecified atom stereocenters. The van der Waals surface area contributed by atoms with Gasteiger partial charge in [-0.1, -0.05) is 11.6 Å². The van der Waals surface area contributed by atoms with Crippen LogP contribution in [0, 0.1) is 0 Å². The number of carbonyl (C=O) groups is 1. The number of rotatable bonds is 6. The Kier molecular flexibility index (Phi) is 5.57. The van der Waals surface area contributed by atoms with Crippen LogP contribution in [0.1, 0.15) is 19.7 Å². The number of quaternary nitrogens is 1. The average molecular weight is 323 g/mol. The van der Waals surface area contributed by atoms with Crippen molar-refractivity contribution in [2.45, 2.75) is 26.4 Å². The van der Waals surface area contributed by atoms with Crippen molar-refractivity contribution in [3.05, 3.63) is 41.4 Å². The monoisotopic (exact) mass is 322 g/mol. The maximum atomic E-state index is 11.7. The van der Waals surface area contributed by atoms with E-state index in [1.54, 1.807) is 6.20 Å². The molecule has 0 fully saturated rings. The molecule has 0 saturated carbocycles. The lowest BCUT2D eigenvalue weighted by Crippen LogP contribution is -3.09. The Morgan fingerprint density at radius 1 is 1.36 bits per heavy atom. The first-order valence-corrected chi connectivity index (χ1v) is 7.63. The molecule has 0 bridgehead atoms. The van der Waals surface area contributed by atoms with E-state index >= 15 is 0 Å². The minimum absolute atomic E-state index is 0.0250. The van der Waals surface area contributed by atoms with Gasteiger partial charge in [-0.25, -0.2) is 4.98 Å². The topological polar surface area (TPSA) is 59.6 Å². The fraction of sp³-hybridized carbons (Fsp3) is 0.375. The lowest BCUT2D eigenvalue weighted by atomic mass is 10.2. The smallest absolute Gasteiger partial charge is 0.275 e. The van der Waals surface area contributed by atoms with E-state index in [2.05, 4.69) is 10.3 Å². The van der Waals surface area contributed by atoms with Crippen LogP contribution in [0.2, 0.25) is 5.02 Å². The Morgan fingerprint density at radius 2 is 2.05 bits per heavy atom. The summed E-state index contributed by atoms with van der Waals surface area (Å²) in [5, 5.41) is 3.56. The molecular formula is C16H21ClN3O2+. The van der Waals surface area contributed by atoms with E-state index in [0.717, 1.165) is 10.5 Å². The highest BCUT2D eigenvalue weighted by Crippen LogP contribution is 2.21. The van der Waals surface area contributed by atoms with Crippen molar-refractivity contribution in [3.8, 4) is 11.3 Å². The maximum Gasteiger partial charge on any atom is 0.275 e. The number of aromatic nitrogens is 1. The molecule has 2 aromatic rings. The van der Waals surface area contributed by atoms with Crippen molar-refractivity contribution in [1.29, 1.82) is 0 Å². The van der Waals surface area contributed by atoms with Gasteiger partial charge in [-0.3, -0.25) is 4.79 Å². The molecule has 2 rings (SSSR count). The third kappa shape index (κ3) is 4.86. The Labute approximate surface area is 135 Å². The molecule has 0 spiro atoms. The summed E-state index contributed by atoms with van der Waals surface area (Å²) < 4.78 is 5.74. The molecule has 2 N–H and O–H groups in total. The summed E-state index contributed by atoms with van der Waals surface area (Å²) in [6.07, 6.45) is 1.69. The van der Waals surface area contributed by atoms with Crippen LogP contribution in [0.15, 0.2) is 34.9 Å². The first kappa shape index (κ1) is 16.5. The minimum Gasteiger partial charge on any atom is -0.435 e. The highest BCUT2D eigenvalue weighted by molar-refractivity contribution is 6.30. The van der Waals surface area contributed by atoms with Crippen LogP contribution >= 0.6 is 11.6 Å². The molecule has 22 heavy (non-hydrogen) atoms. The van der Waals surface area contributed by atoms with Crippen LogP contribution < -0.4 is 10.2 Å². The number of nitrogens with zero attached hydrogens (tertiary/aromatic N) is 1. The number of hydrogen-bond donors (Lipinski definition) is 2. The SMILES string of the molecule is CC(C)NC(=O)C[NH+](C)Cc1ncc(-c2ccc(Cl)cc2)o1. The highest BCUT2D eigenvalue weighted by Gasteiger charge is 2.15. The summed E-state index contributed by atoms with van der Waals surface area (Å²) in [6, 6.07) is 7.55. The van der Waals surface area contributed by atoms with Gasteiger partial charge in [-0.05, 0) is 38.1 Å². The first-order chi connectivity index (χ1) is 10.4. The molecule has 1 aromatic heterocycles. The lowest BCUT2D eigenvalue weighted by molar-refractivity contribution is -0.886. The van der Waals surface area contributed by atoms with E-state index in [4.69, 9.17) is 16.0 Å². The number of nitrogens with one attached hydrogen (secondary N) is 2. The van der Waals surface area contributed by atoms with Crippen molar-refractivity contribution < 1.29 is 14.1 Å². The Bertz CT molecular complexity index is 623. The Morgan fingerprint density at radius 3 is 2.68 bits per heavy atom. The lowest BCUT2D eigenvalue weighted by Gasteiger charge is -2.13. The van der Waals surface area contributed by atoms with Gasteiger partial charge >= 0.3 is 0 Å². The molecule has 0 aliphatic heterocycles. The number of carbonyl (C=O) groups excluding carboxylic acids is 1. The van der Waals surface area contributed by atoms with Gasteiger partial charge in [0.25, 0.3) is 11.8 Å². The van der Waals surface area contributed by atoms with Crippen LogP contribution in [0.25, 0.3) is 11.3 Å². The van der Waals surface area contributed by atoms with E-state index in [0.29, 0.717) is 29.8 Å². The largest absolute Gasteiger partial charge is 0.435 e. The van der Waals surface area contributed by atoms with Gasteiger partial charge in [0.05, 0.1) is 13.2 Å². The van der Waals surface area contributed by atoms with Gasteiger partial charge in [0.1, 0.15) is 0 Å². The van der Waals surface area contributed by atoms with E-state index in [9.17, 15) is 4.79 Å². The summed E-state index contributed by atoms with van der Waals surface area (Å²) in [6.45, 7) is 4.83. The fourth-order valence-corrected chi connectivity index (χ4v) is 2.23. The molecule has 1 heterocycles. The van der Waals surface area contributed by atoms with Crippen molar-refractivity contribution in [3.63, 3.8) is 0 Å². The van der Waals surface area contributed by atoms with Crippen molar-refractivity contribution in [2.75, 3.05) is 13.6 Å². The van der Waals surface area contributed by atoms with E-state index in [1.807, 2.05) is 45.2 Å². The molecule has 1 amide bonds. The Balaban J connectivity index is 1.94. The predicted molar refractivity (Wildman–Crippen MR) is 85.7 cm³/mol. The molecule has 6 heteroatoms. The van der Waals surface area contributed by atoms with E-state index < -0.39 is 0 Å². The van der Waals surface area contributed by atoms with Gasteiger partial charge in [-0.15, -0.1) is 0 Å². The van der Waals surface area contributed by atoms with Gasteiger partial charge in [0.2, 0.25) is 0 Å². The second-order valence-corrected chi connectivity index (χ2v) is 6.09. The number of amides is 1. The zero-order valence-electron chi connectivity index (χ0n) is 13.0. The second-order valence-electron chi connectivity index (χ2n) is 5.66. The maximum absolute atomic E-state index is 11.7. The number of halogens is 1. The standard InChI is InChI=1S/C16H20ClN3O2/c1-11(2)19-15(21)9-20(3)10-16-18-8-14(22-16)12-4-6-13(17)7-5-12/h4-8,11H,9-10H2,1-3H3,(H,19,21)/p+1. The number of likely N-dealkylation sites (N-methyl/N-ethyl adjacent to an activating group) is 1. The summed E-state index contributed by atoms with van der Waals surface area (Å²) in [5.41, 5.74) is 0.929. The molecule has 0 aliphatic carbocycles. The zero-order valence-corrected chi connectivity index (χ0v) is 13.8. The molecule has 1 aromatic carbocycles. The second kappa shape index (κ2) is 7.42. The third-order valence-electron chi connectivity index (χ3n) is 3.05. The summed E-state index contributed by atoms with van der Waals surface area (Å²) in [4.78, 5) is 17.0. The van der Waals surface area contributed by atoms with Gasteiger partial charge in [-0.2, -0.15) is 0 Å². The first-order valence-electron chi connectivity index (χ1n) is 7.25. The van der Waals surface area contributed by atoms with E-state index in [-0.39, 0.29) is 11.9 Å². The van der Waals surface area contributed by atoms with Gasteiger partial charge < -0.3 is 14.6 Å². The molecule has 0 aliphatic rings. The molecule has 5 nitrogen and oxygen atoms in total. The van der Waals surface area contributed by atoms with Crippen molar-refractivity contribution >= 4 is 17.5 Å². The van der Waals surface area contributed by atoms with Crippen LogP contribution in [0.5, 0.6) is 0 Å². The number of hydrogen-bond acceptors (Lipinski definition) is 3. The summed E-state index contributed by atoms with van der Waals surface area (Å²) in [7, 11) is 1.94. The van der Waals surface area contributed by atoms with Crippen LogP contribution in [0.3, 0.4) is 0 Å².